The Labute approximate surface area is 118 Å². The lowest BCUT2D eigenvalue weighted by molar-refractivity contribution is -0.135. The van der Waals surface area contributed by atoms with E-state index in [0.717, 1.165) is 17.7 Å². The summed E-state index contributed by atoms with van der Waals surface area (Å²) in [6.45, 7) is 9.11. The smallest absolute Gasteiger partial charge is 0.337 e. The molecule has 0 atom stereocenters. The van der Waals surface area contributed by atoms with E-state index in [-0.39, 0.29) is 5.57 Å². The summed E-state index contributed by atoms with van der Waals surface area (Å²) in [5, 5.41) is 8.14. The third-order valence-corrected chi connectivity index (χ3v) is 2.14. The Bertz CT molecular complexity index is 513. The van der Waals surface area contributed by atoms with E-state index in [4.69, 9.17) is 5.11 Å². The number of carboxylic acids is 1. The molecule has 4 heteroatoms. The van der Waals surface area contributed by atoms with E-state index in [0.29, 0.717) is 0 Å². The molecule has 0 aliphatic rings. The van der Waals surface area contributed by atoms with Crippen molar-refractivity contribution in [2.24, 2.45) is 0 Å². The number of carbonyl (C=O) groups excluding carboxylic acids is 1. The van der Waals surface area contributed by atoms with Crippen molar-refractivity contribution in [2.45, 2.75) is 6.92 Å². The van der Waals surface area contributed by atoms with Crippen molar-refractivity contribution in [3.63, 3.8) is 0 Å². The zero-order valence-corrected chi connectivity index (χ0v) is 11.6. The predicted molar refractivity (Wildman–Crippen MR) is 79.1 cm³/mol. The molecule has 0 radical (unpaired) electrons. The molecule has 1 rings (SSSR count). The Morgan fingerprint density at radius 2 is 1.70 bits per heavy atom. The highest BCUT2D eigenvalue weighted by Gasteiger charge is 2.01. The number of allylic oxidation sites excluding steroid dienone is 1. The van der Waals surface area contributed by atoms with Crippen LogP contribution >= 0.6 is 0 Å². The van der Waals surface area contributed by atoms with E-state index >= 15 is 0 Å². The highest BCUT2D eigenvalue weighted by atomic mass is 16.5. The fraction of sp³-hybridized carbons (Fsp3) is 0.125. The molecule has 0 saturated heterocycles. The molecule has 0 aromatic heterocycles. The van der Waals surface area contributed by atoms with E-state index in [1.165, 1.54) is 12.7 Å². The van der Waals surface area contributed by atoms with Gasteiger partial charge < -0.3 is 9.84 Å². The van der Waals surface area contributed by atoms with Gasteiger partial charge in [-0.15, -0.1) is 0 Å². The van der Waals surface area contributed by atoms with Crippen LogP contribution in [0.2, 0.25) is 0 Å². The highest BCUT2D eigenvalue weighted by Crippen LogP contribution is 2.08. The van der Waals surface area contributed by atoms with Crippen LogP contribution in [0, 0.1) is 0 Å². The molecule has 0 saturated carbocycles. The molecular formula is C16H18O4. The molecule has 0 unspecified atom stereocenters. The summed E-state index contributed by atoms with van der Waals surface area (Å²) in [5.74, 6) is -1.77. The minimum absolute atomic E-state index is 0.00917. The molecular weight excluding hydrogens is 256 g/mol. The summed E-state index contributed by atoms with van der Waals surface area (Å²) < 4.78 is 4.26. The molecule has 0 aliphatic heterocycles. The molecule has 0 heterocycles. The number of benzene rings is 1. The van der Waals surface area contributed by atoms with Crippen molar-refractivity contribution in [3.8, 4) is 0 Å². The summed E-state index contributed by atoms with van der Waals surface area (Å²) in [7, 11) is 1.20. The maximum Gasteiger partial charge on any atom is 0.337 e. The first-order valence-corrected chi connectivity index (χ1v) is 5.77. The van der Waals surface area contributed by atoms with Crippen LogP contribution in [-0.2, 0) is 14.3 Å². The van der Waals surface area contributed by atoms with E-state index in [1.807, 2.05) is 25.1 Å². The van der Waals surface area contributed by atoms with E-state index in [9.17, 15) is 9.59 Å². The standard InChI is InChI=1S/C9H10.C7H8O4/c1-8(2)9-6-4-3-5-7-9;1-5(7(10)11-2)3-4-6(8)9/h3-7H,1H2,2H3;3-4H,1H2,2H3,(H,8,9). The largest absolute Gasteiger partial charge is 0.478 e. The van der Waals surface area contributed by atoms with Crippen LogP contribution in [0.1, 0.15) is 12.5 Å². The Kier molecular flexibility index (Phi) is 8.11. The first-order valence-electron chi connectivity index (χ1n) is 5.77. The first kappa shape index (κ1) is 17.4. The van der Waals surface area contributed by atoms with Gasteiger partial charge in [-0.1, -0.05) is 49.1 Å². The topological polar surface area (TPSA) is 63.6 Å². The van der Waals surface area contributed by atoms with Gasteiger partial charge in [0.2, 0.25) is 0 Å². The van der Waals surface area contributed by atoms with Crippen LogP contribution in [0.4, 0.5) is 0 Å². The van der Waals surface area contributed by atoms with Crippen LogP contribution in [0.3, 0.4) is 0 Å². The van der Waals surface area contributed by atoms with Gasteiger partial charge in [0.1, 0.15) is 0 Å². The number of rotatable bonds is 4. The molecule has 4 nitrogen and oxygen atoms in total. The Morgan fingerprint density at radius 3 is 2.05 bits per heavy atom. The van der Waals surface area contributed by atoms with Crippen molar-refractivity contribution >= 4 is 17.5 Å². The van der Waals surface area contributed by atoms with Crippen molar-refractivity contribution < 1.29 is 19.4 Å². The maximum absolute atomic E-state index is 10.6. The SMILES string of the molecule is C=C(C)c1ccccc1.C=C(C=CC(=O)O)C(=O)OC. The van der Waals surface area contributed by atoms with Crippen molar-refractivity contribution in [3.05, 3.63) is 66.8 Å². The zero-order chi connectivity index (χ0) is 15.5. The molecule has 0 aliphatic carbocycles. The number of esters is 1. The van der Waals surface area contributed by atoms with Gasteiger partial charge in [-0.3, -0.25) is 0 Å². The summed E-state index contributed by atoms with van der Waals surface area (Å²) in [4.78, 5) is 20.5. The maximum atomic E-state index is 10.6. The van der Waals surface area contributed by atoms with Gasteiger partial charge in [0.05, 0.1) is 12.7 Å². The monoisotopic (exact) mass is 274 g/mol. The fourth-order valence-corrected chi connectivity index (χ4v) is 1.09. The number of carbonyl (C=O) groups is 2. The summed E-state index contributed by atoms with van der Waals surface area (Å²) in [6, 6.07) is 10.2. The quantitative estimate of drug-likeness (QED) is 0.520. The van der Waals surface area contributed by atoms with Crippen molar-refractivity contribution in [2.75, 3.05) is 7.11 Å². The van der Waals surface area contributed by atoms with Gasteiger partial charge in [-0.25, -0.2) is 9.59 Å². The van der Waals surface area contributed by atoms with Gasteiger partial charge in [-0.05, 0) is 18.6 Å². The van der Waals surface area contributed by atoms with Crippen LogP contribution in [0.5, 0.6) is 0 Å². The second-order valence-corrected chi connectivity index (χ2v) is 3.83. The van der Waals surface area contributed by atoms with Crippen molar-refractivity contribution in [1.82, 2.24) is 0 Å². The van der Waals surface area contributed by atoms with Gasteiger partial charge in [0, 0.05) is 6.08 Å². The van der Waals surface area contributed by atoms with Gasteiger partial charge in [-0.2, -0.15) is 0 Å². The number of ether oxygens (including phenoxy) is 1. The number of aliphatic carboxylic acids is 1. The summed E-state index contributed by atoms with van der Waals surface area (Å²) in [5.41, 5.74) is 2.35. The lowest BCUT2D eigenvalue weighted by Gasteiger charge is -1.94. The van der Waals surface area contributed by atoms with E-state index in [1.54, 1.807) is 0 Å². The molecule has 0 spiro atoms. The minimum Gasteiger partial charge on any atom is -0.478 e. The van der Waals surface area contributed by atoms with Crippen LogP contribution in [0.25, 0.3) is 5.57 Å². The number of carboxylic acid groups (broad SMARTS) is 1. The Hall–Kier alpha value is -2.62. The molecule has 20 heavy (non-hydrogen) atoms. The average Bonchev–Trinajstić information content (AvgIpc) is 2.45. The highest BCUT2D eigenvalue weighted by molar-refractivity contribution is 5.92. The molecule has 0 bridgehead atoms. The van der Waals surface area contributed by atoms with Gasteiger partial charge in [0.15, 0.2) is 0 Å². The third-order valence-electron chi connectivity index (χ3n) is 2.14. The molecule has 0 amide bonds. The van der Waals surface area contributed by atoms with Crippen LogP contribution < -0.4 is 0 Å². The molecule has 1 aromatic carbocycles. The predicted octanol–water partition coefficient (Wildman–Crippen LogP) is 3.08. The van der Waals surface area contributed by atoms with Crippen LogP contribution in [-0.4, -0.2) is 24.2 Å². The zero-order valence-electron chi connectivity index (χ0n) is 11.6. The fourth-order valence-electron chi connectivity index (χ4n) is 1.09. The first-order chi connectivity index (χ1) is 9.38. The number of hydrogen-bond donors (Lipinski definition) is 1. The number of methoxy groups -OCH3 is 1. The van der Waals surface area contributed by atoms with Crippen molar-refractivity contribution in [1.29, 1.82) is 0 Å². The molecule has 1 aromatic rings. The third kappa shape index (κ3) is 7.66. The average molecular weight is 274 g/mol. The summed E-state index contributed by atoms with van der Waals surface area (Å²) >= 11 is 0. The van der Waals surface area contributed by atoms with E-state index < -0.39 is 11.9 Å². The van der Waals surface area contributed by atoms with E-state index in [2.05, 4.69) is 30.0 Å². The lowest BCUT2D eigenvalue weighted by atomic mass is 10.1. The second-order valence-electron chi connectivity index (χ2n) is 3.83. The Morgan fingerprint density at radius 1 is 1.15 bits per heavy atom. The lowest BCUT2D eigenvalue weighted by Crippen LogP contribution is -2.01. The minimum atomic E-state index is -1.13. The number of hydrogen-bond acceptors (Lipinski definition) is 3. The van der Waals surface area contributed by atoms with Gasteiger partial charge in [0.25, 0.3) is 0 Å². The Balaban J connectivity index is 0.000000367. The molecule has 0 fully saturated rings. The van der Waals surface area contributed by atoms with Crippen LogP contribution in [0.15, 0.2) is 61.2 Å². The second kappa shape index (κ2) is 9.33. The normalized spacial score (nSPS) is 9.30. The van der Waals surface area contributed by atoms with Gasteiger partial charge >= 0.3 is 11.9 Å². The summed E-state index contributed by atoms with van der Waals surface area (Å²) in [6.07, 6.45) is 1.90. The molecule has 106 valence electrons. The molecule has 1 N–H and O–H groups in total.